The van der Waals surface area contributed by atoms with E-state index in [1.54, 1.807) is 13.8 Å². The topological polar surface area (TPSA) is 105 Å². The van der Waals surface area contributed by atoms with E-state index in [-0.39, 0.29) is 29.8 Å². The first-order valence-electron chi connectivity index (χ1n) is 6.71. The number of sulfonamides is 1. The number of amides is 2. The summed E-state index contributed by atoms with van der Waals surface area (Å²) in [5.41, 5.74) is 0.327. The van der Waals surface area contributed by atoms with Crippen LogP contribution >= 0.6 is 0 Å². The van der Waals surface area contributed by atoms with E-state index in [9.17, 15) is 13.2 Å². The molecule has 2 amide bonds. The van der Waals surface area contributed by atoms with Crippen molar-refractivity contribution in [3.05, 3.63) is 11.5 Å². The summed E-state index contributed by atoms with van der Waals surface area (Å²) >= 11 is 0. The van der Waals surface area contributed by atoms with Crippen LogP contribution < -0.4 is 10.6 Å². The molecule has 0 unspecified atom stereocenters. The van der Waals surface area contributed by atoms with Crippen LogP contribution in [-0.4, -0.2) is 50.6 Å². The Morgan fingerprint density at radius 2 is 1.90 bits per heavy atom. The first-order chi connectivity index (χ1) is 9.80. The van der Waals surface area contributed by atoms with E-state index in [1.807, 2.05) is 6.92 Å². The Morgan fingerprint density at radius 1 is 1.29 bits per heavy atom. The number of nitrogens with zero attached hydrogens (tertiary/aromatic N) is 2. The number of aryl methyl sites for hydroxylation is 2. The molecule has 0 spiro atoms. The molecule has 8 nitrogen and oxygen atoms in total. The highest BCUT2D eigenvalue weighted by molar-refractivity contribution is 7.89. The van der Waals surface area contributed by atoms with E-state index in [0.29, 0.717) is 12.2 Å². The third kappa shape index (κ3) is 4.43. The summed E-state index contributed by atoms with van der Waals surface area (Å²) in [7, 11) is -2.22. The number of hydrogen-bond acceptors (Lipinski definition) is 5. The lowest BCUT2D eigenvalue weighted by Gasteiger charge is -2.17. The molecule has 0 aliphatic rings. The fourth-order valence-electron chi connectivity index (χ4n) is 1.75. The van der Waals surface area contributed by atoms with Crippen molar-refractivity contribution in [3.8, 4) is 0 Å². The van der Waals surface area contributed by atoms with Crippen molar-refractivity contribution in [1.29, 1.82) is 0 Å². The molecule has 1 heterocycles. The highest BCUT2D eigenvalue weighted by Gasteiger charge is 2.28. The van der Waals surface area contributed by atoms with E-state index >= 15 is 0 Å². The predicted molar refractivity (Wildman–Crippen MR) is 77.5 cm³/mol. The number of carbonyl (C=O) groups excluding carboxylic acids is 1. The zero-order valence-corrected chi connectivity index (χ0v) is 13.6. The van der Waals surface area contributed by atoms with Gasteiger partial charge >= 0.3 is 6.03 Å². The molecule has 0 aliphatic carbocycles. The largest absolute Gasteiger partial charge is 0.360 e. The van der Waals surface area contributed by atoms with Crippen LogP contribution in [0.2, 0.25) is 0 Å². The molecule has 0 saturated carbocycles. The van der Waals surface area contributed by atoms with Crippen LogP contribution in [0.1, 0.15) is 24.8 Å². The molecule has 0 fully saturated rings. The van der Waals surface area contributed by atoms with Gasteiger partial charge in [-0.05, 0) is 20.3 Å². The number of likely N-dealkylation sites (N-methyl/N-ethyl adjacent to an activating group) is 1. The third-order valence-corrected chi connectivity index (χ3v) is 4.99. The van der Waals surface area contributed by atoms with Gasteiger partial charge in [-0.3, -0.25) is 0 Å². The lowest BCUT2D eigenvalue weighted by molar-refractivity contribution is 0.240. The number of urea groups is 1. The second kappa shape index (κ2) is 7.41. The van der Waals surface area contributed by atoms with Crippen LogP contribution in [-0.2, 0) is 10.0 Å². The van der Waals surface area contributed by atoms with E-state index in [0.717, 1.165) is 6.42 Å². The van der Waals surface area contributed by atoms with Crippen molar-refractivity contribution in [2.75, 3.05) is 26.7 Å². The van der Waals surface area contributed by atoms with Crippen molar-refractivity contribution in [3.63, 3.8) is 0 Å². The minimum Gasteiger partial charge on any atom is -0.360 e. The molecular weight excluding hydrogens is 296 g/mol. The quantitative estimate of drug-likeness (QED) is 0.767. The van der Waals surface area contributed by atoms with Crippen LogP contribution in [0.4, 0.5) is 4.79 Å². The van der Waals surface area contributed by atoms with E-state index in [2.05, 4.69) is 15.8 Å². The molecule has 1 rings (SSSR count). The summed E-state index contributed by atoms with van der Waals surface area (Å²) in [4.78, 5) is 11.4. The highest BCUT2D eigenvalue weighted by atomic mass is 32.2. The molecule has 2 N–H and O–H groups in total. The molecule has 0 aromatic carbocycles. The van der Waals surface area contributed by atoms with Crippen LogP contribution in [0.5, 0.6) is 0 Å². The van der Waals surface area contributed by atoms with Gasteiger partial charge in [0.05, 0.1) is 0 Å². The monoisotopic (exact) mass is 318 g/mol. The SMILES string of the molecule is CCCNC(=O)NCCN(C)S(=O)(=O)c1c(C)noc1C. The molecule has 0 bridgehead atoms. The maximum absolute atomic E-state index is 12.4. The maximum Gasteiger partial charge on any atom is 0.314 e. The molecular formula is C12H22N4O4S. The van der Waals surface area contributed by atoms with Gasteiger partial charge in [-0.1, -0.05) is 12.1 Å². The molecule has 0 atom stereocenters. The Bertz CT molecular complexity index is 563. The Morgan fingerprint density at radius 3 is 2.43 bits per heavy atom. The first kappa shape index (κ1) is 17.4. The van der Waals surface area contributed by atoms with Crippen molar-refractivity contribution in [1.82, 2.24) is 20.1 Å². The summed E-state index contributed by atoms with van der Waals surface area (Å²) in [6.07, 6.45) is 0.841. The molecule has 120 valence electrons. The van der Waals surface area contributed by atoms with E-state index < -0.39 is 10.0 Å². The minimum absolute atomic E-state index is 0.0837. The summed E-state index contributed by atoms with van der Waals surface area (Å²) in [5.74, 6) is 0.257. The number of rotatable bonds is 7. The van der Waals surface area contributed by atoms with E-state index in [1.165, 1.54) is 11.4 Å². The molecule has 1 aromatic rings. The van der Waals surface area contributed by atoms with Gasteiger partial charge < -0.3 is 15.2 Å². The zero-order valence-electron chi connectivity index (χ0n) is 12.8. The lowest BCUT2D eigenvalue weighted by Crippen LogP contribution is -2.41. The van der Waals surface area contributed by atoms with Gasteiger partial charge in [-0.15, -0.1) is 0 Å². The first-order valence-corrected chi connectivity index (χ1v) is 8.15. The zero-order chi connectivity index (χ0) is 16.0. The summed E-state index contributed by atoms with van der Waals surface area (Å²) in [6.45, 7) is 6.04. The summed E-state index contributed by atoms with van der Waals surface area (Å²) in [5, 5.41) is 8.89. The number of aromatic nitrogens is 1. The molecule has 0 aliphatic heterocycles. The minimum atomic E-state index is -3.67. The van der Waals surface area contributed by atoms with Crippen LogP contribution in [0, 0.1) is 13.8 Å². The van der Waals surface area contributed by atoms with Crippen LogP contribution in [0.15, 0.2) is 9.42 Å². The highest BCUT2D eigenvalue weighted by Crippen LogP contribution is 2.21. The Labute approximate surface area is 124 Å². The Hall–Kier alpha value is -1.61. The van der Waals surface area contributed by atoms with Gasteiger partial charge in [-0.2, -0.15) is 4.31 Å². The fraction of sp³-hybridized carbons (Fsp3) is 0.667. The van der Waals surface area contributed by atoms with Gasteiger partial charge in [-0.25, -0.2) is 13.2 Å². The van der Waals surface area contributed by atoms with Gasteiger partial charge in [0.1, 0.15) is 10.6 Å². The summed E-state index contributed by atoms with van der Waals surface area (Å²) in [6, 6.07) is -0.306. The number of carbonyl (C=O) groups is 1. The second-order valence-electron chi connectivity index (χ2n) is 4.66. The molecule has 0 radical (unpaired) electrons. The third-order valence-electron chi connectivity index (χ3n) is 2.88. The summed E-state index contributed by atoms with van der Waals surface area (Å²) < 4.78 is 30.8. The van der Waals surface area contributed by atoms with Crippen LogP contribution in [0.3, 0.4) is 0 Å². The van der Waals surface area contributed by atoms with Crippen LogP contribution in [0.25, 0.3) is 0 Å². The second-order valence-corrected chi connectivity index (χ2v) is 6.64. The maximum atomic E-state index is 12.4. The van der Waals surface area contributed by atoms with E-state index in [4.69, 9.17) is 4.52 Å². The molecule has 9 heteroatoms. The molecule has 0 saturated heterocycles. The fourth-order valence-corrected chi connectivity index (χ4v) is 3.20. The van der Waals surface area contributed by atoms with Gasteiger partial charge in [0, 0.05) is 26.7 Å². The van der Waals surface area contributed by atoms with Gasteiger partial charge in [0.25, 0.3) is 0 Å². The van der Waals surface area contributed by atoms with Gasteiger partial charge in [0.15, 0.2) is 5.76 Å². The predicted octanol–water partition coefficient (Wildman–Crippen LogP) is 0.621. The average molecular weight is 318 g/mol. The van der Waals surface area contributed by atoms with Crippen molar-refractivity contribution >= 4 is 16.1 Å². The standard InChI is InChI=1S/C12H22N4O4S/c1-5-6-13-12(17)14-7-8-16(4)21(18,19)11-9(2)15-20-10(11)3/h5-8H2,1-4H3,(H2,13,14,17). The normalized spacial score (nSPS) is 11.7. The molecule has 21 heavy (non-hydrogen) atoms. The average Bonchev–Trinajstić information content (AvgIpc) is 2.76. The Kier molecular flexibility index (Phi) is 6.16. The van der Waals surface area contributed by atoms with Gasteiger partial charge in [0.2, 0.25) is 10.0 Å². The smallest absolute Gasteiger partial charge is 0.314 e. The van der Waals surface area contributed by atoms with Crippen molar-refractivity contribution in [2.45, 2.75) is 32.1 Å². The van der Waals surface area contributed by atoms with Crippen molar-refractivity contribution in [2.24, 2.45) is 0 Å². The Balaban J connectivity index is 2.59. The molecule has 1 aromatic heterocycles. The lowest BCUT2D eigenvalue weighted by atomic mass is 10.4. The number of nitrogens with one attached hydrogen (secondary N) is 2. The number of hydrogen-bond donors (Lipinski definition) is 2. The van der Waals surface area contributed by atoms with Crippen molar-refractivity contribution < 1.29 is 17.7 Å².